The molecule has 0 amide bonds. The molecule has 1 aromatic rings. The number of terminal acetylenes is 1. The molecular weight excluding hydrogens is 228 g/mol. The van der Waals surface area contributed by atoms with Gasteiger partial charge in [-0.3, -0.25) is 10.1 Å². The average molecular weight is 246 g/mol. The van der Waals surface area contributed by atoms with Gasteiger partial charge in [-0.05, 0) is 18.9 Å². The second-order valence-corrected chi connectivity index (χ2v) is 4.25. The Morgan fingerprint density at radius 3 is 2.83 bits per heavy atom. The van der Waals surface area contributed by atoms with Gasteiger partial charge in [0, 0.05) is 30.6 Å². The van der Waals surface area contributed by atoms with E-state index in [4.69, 9.17) is 6.42 Å². The van der Waals surface area contributed by atoms with Crippen LogP contribution < -0.4 is 5.32 Å². The molecule has 18 heavy (non-hydrogen) atoms. The number of benzene rings is 1. The molecule has 1 N–H and O–H groups in total. The van der Waals surface area contributed by atoms with Crippen LogP contribution in [0, 0.1) is 22.5 Å². The predicted molar refractivity (Wildman–Crippen MR) is 72.2 cm³/mol. The van der Waals surface area contributed by atoms with Crippen molar-refractivity contribution in [3.8, 4) is 12.3 Å². The van der Waals surface area contributed by atoms with Gasteiger partial charge >= 0.3 is 0 Å². The molecule has 0 heterocycles. The second-order valence-electron chi connectivity index (χ2n) is 4.25. The summed E-state index contributed by atoms with van der Waals surface area (Å²) in [5.41, 5.74) is 1.02. The number of hydrogen-bond acceptors (Lipinski definition) is 3. The van der Waals surface area contributed by atoms with E-state index in [1.54, 1.807) is 12.1 Å². The fourth-order valence-corrected chi connectivity index (χ4v) is 1.82. The van der Waals surface area contributed by atoms with E-state index in [0.29, 0.717) is 6.42 Å². The molecule has 1 rings (SSSR count). The normalized spacial score (nSPS) is 13.6. The van der Waals surface area contributed by atoms with Gasteiger partial charge < -0.3 is 5.32 Å². The van der Waals surface area contributed by atoms with Crippen molar-refractivity contribution in [3.05, 3.63) is 39.9 Å². The molecule has 0 spiro atoms. The molecule has 0 aromatic heterocycles. The molecule has 0 saturated carbocycles. The van der Waals surface area contributed by atoms with Crippen LogP contribution in [0.1, 0.15) is 38.3 Å². The first-order valence-corrected chi connectivity index (χ1v) is 6.02. The van der Waals surface area contributed by atoms with E-state index in [2.05, 4.69) is 18.2 Å². The molecular formula is C14H18N2O2. The summed E-state index contributed by atoms with van der Waals surface area (Å²) >= 11 is 0. The van der Waals surface area contributed by atoms with Gasteiger partial charge in [-0.2, -0.15) is 0 Å². The Balaban J connectivity index is 2.77. The minimum atomic E-state index is -0.380. The van der Waals surface area contributed by atoms with Crippen molar-refractivity contribution in [2.24, 2.45) is 0 Å². The summed E-state index contributed by atoms with van der Waals surface area (Å²) in [6.07, 6.45) is 6.90. The second kappa shape index (κ2) is 6.77. The molecule has 0 aliphatic heterocycles. The van der Waals surface area contributed by atoms with Gasteiger partial charge in [0.05, 0.1) is 4.92 Å². The van der Waals surface area contributed by atoms with Crippen LogP contribution in [0.2, 0.25) is 0 Å². The Morgan fingerprint density at radius 2 is 2.28 bits per heavy atom. The molecule has 4 heteroatoms. The third kappa shape index (κ3) is 3.86. The van der Waals surface area contributed by atoms with E-state index in [1.807, 2.05) is 13.0 Å². The number of nitrogens with one attached hydrogen (secondary N) is 1. The van der Waals surface area contributed by atoms with Gasteiger partial charge in [-0.1, -0.05) is 19.1 Å². The van der Waals surface area contributed by atoms with Crippen molar-refractivity contribution in [1.82, 2.24) is 5.32 Å². The summed E-state index contributed by atoms with van der Waals surface area (Å²) in [5.74, 6) is 2.63. The summed E-state index contributed by atoms with van der Waals surface area (Å²) < 4.78 is 0. The number of non-ortho nitro benzene ring substituents is 1. The van der Waals surface area contributed by atoms with Crippen LogP contribution in [0.4, 0.5) is 5.69 Å². The van der Waals surface area contributed by atoms with E-state index < -0.39 is 0 Å². The van der Waals surface area contributed by atoms with Crippen molar-refractivity contribution in [2.45, 2.75) is 38.8 Å². The highest BCUT2D eigenvalue weighted by Gasteiger charge is 2.13. The maximum absolute atomic E-state index is 10.7. The van der Waals surface area contributed by atoms with Gasteiger partial charge in [-0.25, -0.2) is 0 Å². The zero-order chi connectivity index (χ0) is 13.5. The monoisotopic (exact) mass is 246 g/mol. The Labute approximate surface area is 108 Å². The predicted octanol–water partition coefficient (Wildman–Crippen LogP) is 3.05. The fraction of sp³-hybridized carbons (Fsp3) is 0.429. The Bertz CT molecular complexity index is 451. The van der Waals surface area contributed by atoms with Crippen LogP contribution in [-0.2, 0) is 0 Å². The van der Waals surface area contributed by atoms with Crippen LogP contribution in [0.25, 0.3) is 0 Å². The molecule has 0 saturated heterocycles. The van der Waals surface area contributed by atoms with Gasteiger partial charge in [0.1, 0.15) is 0 Å². The van der Waals surface area contributed by atoms with Gasteiger partial charge in [0.15, 0.2) is 0 Å². The van der Waals surface area contributed by atoms with Crippen LogP contribution >= 0.6 is 0 Å². The molecule has 4 nitrogen and oxygen atoms in total. The lowest BCUT2D eigenvalue weighted by Crippen LogP contribution is -2.30. The summed E-state index contributed by atoms with van der Waals surface area (Å²) in [5, 5.41) is 14.1. The molecule has 2 unspecified atom stereocenters. The summed E-state index contributed by atoms with van der Waals surface area (Å²) in [4.78, 5) is 10.3. The molecule has 0 aliphatic carbocycles. The highest BCUT2D eigenvalue weighted by Crippen LogP contribution is 2.19. The Kier molecular flexibility index (Phi) is 5.34. The third-order valence-corrected chi connectivity index (χ3v) is 2.92. The topological polar surface area (TPSA) is 55.2 Å². The Hall–Kier alpha value is -1.86. The minimum absolute atomic E-state index is 0.0446. The number of nitrogens with zero attached hydrogens (tertiary/aromatic N) is 1. The van der Waals surface area contributed by atoms with Crippen LogP contribution in [-0.4, -0.2) is 11.0 Å². The van der Waals surface area contributed by atoms with Crippen LogP contribution in [0.5, 0.6) is 0 Å². The van der Waals surface area contributed by atoms with E-state index in [-0.39, 0.29) is 22.7 Å². The zero-order valence-electron chi connectivity index (χ0n) is 10.7. The first kappa shape index (κ1) is 14.2. The standard InChI is InChI=1S/C14H18N2O2/c1-4-7-13(5-2)15-11(3)12-8-6-9-14(10-12)16(17)18/h1,6,8-11,13,15H,5,7H2,2-3H3. The summed E-state index contributed by atoms with van der Waals surface area (Å²) in [6.45, 7) is 4.05. The summed E-state index contributed by atoms with van der Waals surface area (Å²) in [7, 11) is 0. The van der Waals surface area contributed by atoms with Crippen LogP contribution in [0.3, 0.4) is 0 Å². The quantitative estimate of drug-likeness (QED) is 0.477. The fourth-order valence-electron chi connectivity index (χ4n) is 1.82. The minimum Gasteiger partial charge on any atom is -0.307 e. The van der Waals surface area contributed by atoms with Gasteiger partial charge in [0.2, 0.25) is 0 Å². The first-order valence-electron chi connectivity index (χ1n) is 6.02. The number of hydrogen-bond donors (Lipinski definition) is 1. The molecule has 0 aliphatic rings. The van der Waals surface area contributed by atoms with Gasteiger partial charge in [-0.15, -0.1) is 12.3 Å². The maximum Gasteiger partial charge on any atom is 0.269 e. The molecule has 0 fully saturated rings. The van der Waals surface area contributed by atoms with E-state index in [9.17, 15) is 10.1 Å². The van der Waals surface area contributed by atoms with E-state index in [0.717, 1.165) is 12.0 Å². The highest BCUT2D eigenvalue weighted by molar-refractivity contribution is 5.35. The molecule has 1 aromatic carbocycles. The molecule has 96 valence electrons. The lowest BCUT2D eigenvalue weighted by atomic mass is 10.0. The number of rotatable bonds is 6. The lowest BCUT2D eigenvalue weighted by molar-refractivity contribution is -0.384. The molecule has 0 bridgehead atoms. The first-order chi connectivity index (χ1) is 8.58. The van der Waals surface area contributed by atoms with Crippen molar-refractivity contribution in [1.29, 1.82) is 0 Å². The highest BCUT2D eigenvalue weighted by atomic mass is 16.6. The zero-order valence-corrected chi connectivity index (χ0v) is 10.7. The third-order valence-electron chi connectivity index (χ3n) is 2.92. The Morgan fingerprint density at radius 1 is 1.56 bits per heavy atom. The average Bonchev–Trinajstić information content (AvgIpc) is 2.38. The lowest BCUT2D eigenvalue weighted by Gasteiger charge is -2.20. The smallest absolute Gasteiger partial charge is 0.269 e. The molecule has 0 radical (unpaired) electrons. The van der Waals surface area contributed by atoms with Crippen molar-refractivity contribution < 1.29 is 4.92 Å². The van der Waals surface area contributed by atoms with Crippen molar-refractivity contribution >= 4 is 5.69 Å². The van der Waals surface area contributed by atoms with Crippen molar-refractivity contribution in [3.63, 3.8) is 0 Å². The number of nitro benzene ring substituents is 1. The largest absolute Gasteiger partial charge is 0.307 e. The van der Waals surface area contributed by atoms with Crippen molar-refractivity contribution in [2.75, 3.05) is 0 Å². The van der Waals surface area contributed by atoms with Gasteiger partial charge in [0.25, 0.3) is 5.69 Å². The SMILES string of the molecule is C#CCC(CC)NC(C)c1cccc([N+](=O)[O-])c1. The van der Waals surface area contributed by atoms with E-state index in [1.165, 1.54) is 6.07 Å². The number of nitro groups is 1. The maximum atomic E-state index is 10.7. The van der Waals surface area contributed by atoms with Crippen LogP contribution in [0.15, 0.2) is 24.3 Å². The van der Waals surface area contributed by atoms with E-state index >= 15 is 0 Å². The summed E-state index contributed by atoms with van der Waals surface area (Å²) in [6, 6.07) is 6.96. The molecule has 2 atom stereocenters.